The van der Waals surface area contributed by atoms with Crippen LogP contribution >= 0.6 is 22.6 Å². The van der Waals surface area contributed by atoms with Gasteiger partial charge in [0.05, 0.1) is 0 Å². The molecule has 0 N–H and O–H groups in total. The first kappa shape index (κ1) is 11.8. The van der Waals surface area contributed by atoms with Crippen molar-refractivity contribution in [2.75, 3.05) is 0 Å². The van der Waals surface area contributed by atoms with Crippen LogP contribution in [0.4, 0.5) is 0 Å². The summed E-state index contributed by atoms with van der Waals surface area (Å²) in [5.41, 5.74) is 0. The van der Waals surface area contributed by atoms with Crippen molar-refractivity contribution in [3.63, 3.8) is 0 Å². The molecule has 1 rings (SSSR count). The molecule has 1 aliphatic carbocycles. The molecule has 0 heterocycles. The van der Waals surface area contributed by atoms with Crippen molar-refractivity contribution >= 4 is 22.6 Å². The molecule has 13 heavy (non-hydrogen) atoms. The lowest BCUT2D eigenvalue weighted by atomic mass is 9.63. The van der Waals surface area contributed by atoms with Gasteiger partial charge in [-0.05, 0) is 29.6 Å². The van der Waals surface area contributed by atoms with Crippen LogP contribution in [0.25, 0.3) is 0 Å². The predicted octanol–water partition coefficient (Wildman–Crippen LogP) is 4.37. The molecule has 0 amide bonds. The second-order valence-corrected chi connectivity index (χ2v) is 6.39. The molecule has 0 spiro atoms. The molecule has 0 aromatic carbocycles. The number of halogens is 1. The number of alkyl halides is 1. The van der Waals surface area contributed by atoms with Gasteiger partial charge in [0.15, 0.2) is 0 Å². The zero-order valence-corrected chi connectivity index (χ0v) is 11.7. The fourth-order valence-electron chi connectivity index (χ4n) is 3.10. The lowest BCUT2D eigenvalue weighted by Crippen LogP contribution is -2.42. The van der Waals surface area contributed by atoms with Crippen LogP contribution in [0.1, 0.15) is 41.0 Å². The van der Waals surface area contributed by atoms with Gasteiger partial charge < -0.3 is 0 Å². The van der Waals surface area contributed by atoms with Crippen molar-refractivity contribution in [2.45, 2.75) is 45.0 Å². The second kappa shape index (κ2) is 4.50. The highest BCUT2D eigenvalue weighted by Crippen LogP contribution is 2.46. The smallest absolute Gasteiger partial charge is 0.0166 e. The van der Waals surface area contributed by atoms with Crippen LogP contribution in [-0.4, -0.2) is 3.92 Å². The summed E-state index contributed by atoms with van der Waals surface area (Å²) in [4.78, 5) is 0. The third-order valence-electron chi connectivity index (χ3n) is 4.49. The molecule has 1 aliphatic rings. The highest BCUT2D eigenvalue weighted by Gasteiger charge is 2.40. The van der Waals surface area contributed by atoms with E-state index in [-0.39, 0.29) is 0 Å². The van der Waals surface area contributed by atoms with E-state index in [4.69, 9.17) is 0 Å². The first-order valence-electron chi connectivity index (χ1n) is 5.64. The van der Waals surface area contributed by atoms with E-state index in [1.807, 2.05) is 0 Å². The molecule has 5 unspecified atom stereocenters. The van der Waals surface area contributed by atoms with Crippen LogP contribution in [0.5, 0.6) is 0 Å². The maximum absolute atomic E-state index is 2.67. The first-order chi connectivity index (χ1) is 6.00. The lowest BCUT2D eigenvalue weighted by Gasteiger charge is -2.46. The molecule has 1 heteroatoms. The highest BCUT2D eigenvalue weighted by molar-refractivity contribution is 14.1. The van der Waals surface area contributed by atoms with Gasteiger partial charge in [-0.1, -0.05) is 63.6 Å². The maximum Gasteiger partial charge on any atom is 0.0166 e. The van der Waals surface area contributed by atoms with Crippen molar-refractivity contribution in [3.05, 3.63) is 0 Å². The standard InChI is InChI=1S/C12H23I/c1-6-11-8(3)7(2)9(4)12(13)10(11)5/h7-12H,6H2,1-5H3/t7?,8?,9?,10-,11?,12?/m1/s1. The molecule has 1 fully saturated rings. The molecule has 0 aromatic heterocycles. The summed E-state index contributed by atoms with van der Waals surface area (Å²) in [6, 6.07) is 0. The van der Waals surface area contributed by atoms with Crippen molar-refractivity contribution in [1.82, 2.24) is 0 Å². The number of hydrogen-bond acceptors (Lipinski definition) is 0. The molecule has 6 atom stereocenters. The third-order valence-corrected chi connectivity index (χ3v) is 6.75. The molecule has 78 valence electrons. The molecule has 0 aliphatic heterocycles. The summed E-state index contributed by atoms with van der Waals surface area (Å²) in [6.45, 7) is 12.1. The topological polar surface area (TPSA) is 0 Å². The summed E-state index contributed by atoms with van der Waals surface area (Å²) in [5.74, 6) is 4.58. The summed E-state index contributed by atoms with van der Waals surface area (Å²) >= 11 is 2.67. The monoisotopic (exact) mass is 294 g/mol. The van der Waals surface area contributed by atoms with Gasteiger partial charge in [0.2, 0.25) is 0 Å². The van der Waals surface area contributed by atoms with Gasteiger partial charge in [0, 0.05) is 3.92 Å². The van der Waals surface area contributed by atoms with E-state index in [0.29, 0.717) is 0 Å². The highest BCUT2D eigenvalue weighted by atomic mass is 127. The Labute approximate surface area is 97.0 Å². The Balaban J connectivity index is 2.79. The Hall–Kier alpha value is 0.730. The van der Waals surface area contributed by atoms with E-state index in [9.17, 15) is 0 Å². The number of hydrogen-bond donors (Lipinski definition) is 0. The van der Waals surface area contributed by atoms with E-state index in [1.54, 1.807) is 0 Å². The molecular formula is C12H23I. The van der Waals surface area contributed by atoms with Crippen LogP contribution in [0.2, 0.25) is 0 Å². The fraction of sp³-hybridized carbons (Fsp3) is 1.00. The summed E-state index contributed by atoms with van der Waals surface area (Å²) in [7, 11) is 0. The van der Waals surface area contributed by atoms with Crippen molar-refractivity contribution in [3.8, 4) is 0 Å². The van der Waals surface area contributed by atoms with Gasteiger partial charge in [-0.3, -0.25) is 0 Å². The van der Waals surface area contributed by atoms with E-state index in [0.717, 1.165) is 33.5 Å². The van der Waals surface area contributed by atoms with Crippen LogP contribution in [0.15, 0.2) is 0 Å². The Morgan fingerprint density at radius 3 is 1.85 bits per heavy atom. The van der Waals surface area contributed by atoms with Crippen LogP contribution in [0, 0.1) is 29.6 Å². The average Bonchev–Trinajstić information content (AvgIpc) is 2.13. The van der Waals surface area contributed by atoms with E-state index < -0.39 is 0 Å². The van der Waals surface area contributed by atoms with Crippen molar-refractivity contribution in [2.24, 2.45) is 29.6 Å². The minimum absolute atomic E-state index is 0.883. The third kappa shape index (κ3) is 2.05. The Bertz CT molecular complexity index is 151. The molecular weight excluding hydrogens is 271 g/mol. The van der Waals surface area contributed by atoms with Crippen LogP contribution in [0.3, 0.4) is 0 Å². The fourth-order valence-corrected chi connectivity index (χ4v) is 4.28. The Kier molecular flexibility index (Phi) is 4.09. The minimum atomic E-state index is 0.883. The first-order valence-corrected chi connectivity index (χ1v) is 6.89. The predicted molar refractivity (Wildman–Crippen MR) is 68.2 cm³/mol. The SMILES string of the molecule is CCC1C(C)C(C)C(C)C(I)[C@@H]1C. The second-order valence-electron chi connectivity index (χ2n) is 4.95. The van der Waals surface area contributed by atoms with Gasteiger partial charge in [0.1, 0.15) is 0 Å². The molecule has 0 aromatic rings. The van der Waals surface area contributed by atoms with E-state index in [1.165, 1.54) is 6.42 Å². The molecule has 0 nitrogen and oxygen atoms in total. The van der Waals surface area contributed by atoms with Gasteiger partial charge >= 0.3 is 0 Å². The Morgan fingerprint density at radius 1 is 0.846 bits per heavy atom. The molecule has 0 radical (unpaired) electrons. The van der Waals surface area contributed by atoms with E-state index >= 15 is 0 Å². The quantitative estimate of drug-likeness (QED) is 0.497. The van der Waals surface area contributed by atoms with Gasteiger partial charge in [-0.2, -0.15) is 0 Å². The van der Waals surface area contributed by atoms with Crippen LogP contribution in [-0.2, 0) is 0 Å². The average molecular weight is 294 g/mol. The lowest BCUT2D eigenvalue weighted by molar-refractivity contribution is 0.0839. The molecule has 1 saturated carbocycles. The normalized spacial score (nSPS) is 52.2. The minimum Gasteiger partial charge on any atom is -0.0820 e. The zero-order valence-electron chi connectivity index (χ0n) is 9.55. The van der Waals surface area contributed by atoms with Gasteiger partial charge in [-0.15, -0.1) is 0 Å². The Morgan fingerprint density at radius 2 is 1.38 bits per heavy atom. The van der Waals surface area contributed by atoms with Crippen LogP contribution < -0.4 is 0 Å². The molecule has 0 bridgehead atoms. The van der Waals surface area contributed by atoms with Gasteiger partial charge in [0.25, 0.3) is 0 Å². The summed E-state index contributed by atoms with van der Waals surface area (Å²) in [6.07, 6.45) is 1.36. The summed E-state index contributed by atoms with van der Waals surface area (Å²) in [5, 5.41) is 0. The van der Waals surface area contributed by atoms with E-state index in [2.05, 4.69) is 57.2 Å². The largest absolute Gasteiger partial charge is 0.0820 e. The zero-order chi connectivity index (χ0) is 10.2. The number of rotatable bonds is 1. The molecule has 0 saturated heterocycles. The van der Waals surface area contributed by atoms with Crippen molar-refractivity contribution in [1.29, 1.82) is 0 Å². The summed E-state index contributed by atoms with van der Waals surface area (Å²) < 4.78 is 0.883. The van der Waals surface area contributed by atoms with Crippen molar-refractivity contribution < 1.29 is 0 Å². The van der Waals surface area contributed by atoms with Gasteiger partial charge in [-0.25, -0.2) is 0 Å². The maximum atomic E-state index is 2.67.